The molecule has 4 nitrogen and oxygen atoms in total. The molecule has 0 aliphatic carbocycles. The standard InChI is InChI=1S/C9H11N3O/c1-7-4-2-3-5-8(7)6-11-12-9(10)13/h2-6H,1H3,(H3,10,12,13)/b11-6+. The minimum absolute atomic E-state index is 0.662. The molecule has 0 saturated carbocycles. The van der Waals surface area contributed by atoms with E-state index < -0.39 is 6.03 Å². The molecule has 0 fully saturated rings. The van der Waals surface area contributed by atoms with Crippen molar-refractivity contribution in [2.75, 3.05) is 0 Å². The number of nitrogens with one attached hydrogen (secondary N) is 1. The van der Waals surface area contributed by atoms with Gasteiger partial charge in [0, 0.05) is 0 Å². The Morgan fingerprint density at radius 3 is 2.85 bits per heavy atom. The van der Waals surface area contributed by atoms with Gasteiger partial charge in [-0.2, -0.15) is 5.10 Å². The van der Waals surface area contributed by atoms with Crippen LogP contribution in [0.4, 0.5) is 4.79 Å². The van der Waals surface area contributed by atoms with Gasteiger partial charge in [-0.05, 0) is 18.1 Å². The maximum absolute atomic E-state index is 10.3. The summed E-state index contributed by atoms with van der Waals surface area (Å²) in [6, 6.07) is 7.05. The lowest BCUT2D eigenvalue weighted by Crippen LogP contribution is -2.24. The predicted octanol–water partition coefficient (Wildman–Crippen LogP) is 0.997. The first kappa shape index (κ1) is 9.25. The highest BCUT2D eigenvalue weighted by Crippen LogP contribution is 2.02. The Morgan fingerprint density at radius 1 is 1.54 bits per heavy atom. The summed E-state index contributed by atoms with van der Waals surface area (Å²) in [6.45, 7) is 1.96. The van der Waals surface area contributed by atoms with Crippen molar-refractivity contribution in [3.05, 3.63) is 35.4 Å². The van der Waals surface area contributed by atoms with Crippen molar-refractivity contribution in [1.29, 1.82) is 0 Å². The van der Waals surface area contributed by atoms with Crippen LogP contribution >= 0.6 is 0 Å². The van der Waals surface area contributed by atoms with E-state index in [0.717, 1.165) is 11.1 Å². The second-order valence-corrected chi connectivity index (χ2v) is 2.59. The molecule has 0 bridgehead atoms. The molecule has 1 aromatic rings. The molecule has 0 aliphatic rings. The molecule has 3 N–H and O–H groups in total. The van der Waals surface area contributed by atoms with E-state index in [0.29, 0.717) is 0 Å². The van der Waals surface area contributed by atoms with Gasteiger partial charge in [0.2, 0.25) is 0 Å². The summed E-state index contributed by atoms with van der Waals surface area (Å²) in [6.07, 6.45) is 1.56. The molecule has 0 radical (unpaired) electrons. The van der Waals surface area contributed by atoms with Crippen molar-refractivity contribution in [3.63, 3.8) is 0 Å². The summed E-state index contributed by atoms with van der Waals surface area (Å²) in [4.78, 5) is 10.3. The van der Waals surface area contributed by atoms with Crippen molar-refractivity contribution in [2.45, 2.75) is 6.92 Å². The van der Waals surface area contributed by atoms with Gasteiger partial charge in [0.05, 0.1) is 6.21 Å². The molecule has 0 spiro atoms. The van der Waals surface area contributed by atoms with Crippen LogP contribution in [-0.2, 0) is 0 Å². The maximum atomic E-state index is 10.3. The van der Waals surface area contributed by atoms with Crippen molar-refractivity contribution in [2.24, 2.45) is 10.8 Å². The number of rotatable bonds is 2. The van der Waals surface area contributed by atoms with Gasteiger partial charge in [0.15, 0.2) is 0 Å². The molecule has 0 saturated heterocycles. The number of nitrogens with two attached hydrogens (primary N) is 1. The number of urea groups is 1. The number of carbonyl (C=O) groups excluding carboxylic acids is 1. The largest absolute Gasteiger partial charge is 0.350 e. The van der Waals surface area contributed by atoms with E-state index in [2.05, 4.69) is 10.5 Å². The fourth-order valence-corrected chi connectivity index (χ4v) is 0.897. The predicted molar refractivity (Wildman–Crippen MR) is 51.5 cm³/mol. The minimum Gasteiger partial charge on any atom is -0.350 e. The number of amides is 2. The number of aryl methyl sites for hydroxylation is 1. The Morgan fingerprint density at radius 2 is 2.23 bits per heavy atom. The molecule has 0 unspecified atom stereocenters. The van der Waals surface area contributed by atoms with Gasteiger partial charge in [0.1, 0.15) is 0 Å². The zero-order valence-corrected chi connectivity index (χ0v) is 7.32. The van der Waals surface area contributed by atoms with Gasteiger partial charge in [-0.15, -0.1) is 0 Å². The molecular weight excluding hydrogens is 166 g/mol. The molecule has 0 aliphatic heterocycles. The highest BCUT2D eigenvalue weighted by Gasteiger charge is 1.91. The Hall–Kier alpha value is -1.84. The van der Waals surface area contributed by atoms with Crippen molar-refractivity contribution in [3.8, 4) is 0 Å². The number of hydrogen-bond donors (Lipinski definition) is 2. The van der Waals surface area contributed by atoms with Crippen LogP contribution in [0.15, 0.2) is 29.4 Å². The van der Waals surface area contributed by atoms with E-state index in [1.54, 1.807) is 6.21 Å². The van der Waals surface area contributed by atoms with Crippen LogP contribution in [-0.4, -0.2) is 12.2 Å². The highest BCUT2D eigenvalue weighted by atomic mass is 16.2. The van der Waals surface area contributed by atoms with Gasteiger partial charge >= 0.3 is 6.03 Å². The Labute approximate surface area is 76.4 Å². The van der Waals surface area contributed by atoms with E-state index >= 15 is 0 Å². The molecule has 13 heavy (non-hydrogen) atoms. The van der Waals surface area contributed by atoms with E-state index in [4.69, 9.17) is 5.73 Å². The van der Waals surface area contributed by atoms with E-state index in [-0.39, 0.29) is 0 Å². The van der Waals surface area contributed by atoms with Crippen LogP contribution in [0.5, 0.6) is 0 Å². The van der Waals surface area contributed by atoms with Crippen LogP contribution in [0.2, 0.25) is 0 Å². The molecular formula is C9H11N3O. The highest BCUT2D eigenvalue weighted by molar-refractivity contribution is 5.82. The van der Waals surface area contributed by atoms with E-state index in [9.17, 15) is 4.79 Å². The lowest BCUT2D eigenvalue weighted by atomic mass is 10.1. The van der Waals surface area contributed by atoms with Gasteiger partial charge < -0.3 is 5.73 Å². The van der Waals surface area contributed by atoms with Crippen molar-refractivity contribution in [1.82, 2.24) is 5.43 Å². The third-order valence-electron chi connectivity index (χ3n) is 1.57. The fraction of sp³-hybridized carbons (Fsp3) is 0.111. The summed E-state index contributed by atoms with van der Waals surface area (Å²) < 4.78 is 0. The molecule has 68 valence electrons. The summed E-state index contributed by atoms with van der Waals surface area (Å²) in [7, 11) is 0. The molecule has 1 rings (SSSR count). The molecule has 1 aromatic carbocycles. The van der Waals surface area contributed by atoms with Gasteiger partial charge in [-0.1, -0.05) is 24.3 Å². The summed E-state index contributed by atoms with van der Waals surface area (Å²) in [5.41, 5.74) is 9.01. The molecule has 4 heteroatoms. The van der Waals surface area contributed by atoms with Crippen molar-refractivity contribution < 1.29 is 4.79 Å². The first-order valence-electron chi connectivity index (χ1n) is 3.84. The van der Waals surface area contributed by atoms with E-state index in [1.165, 1.54) is 0 Å². The molecule has 0 atom stereocenters. The summed E-state index contributed by atoms with van der Waals surface area (Å²) in [5, 5.41) is 3.65. The average Bonchev–Trinajstić information content (AvgIpc) is 2.08. The number of hydrogen-bond acceptors (Lipinski definition) is 2. The average molecular weight is 177 g/mol. The number of hydrazone groups is 1. The van der Waals surface area contributed by atoms with Crippen LogP contribution in [0, 0.1) is 6.92 Å². The Kier molecular flexibility index (Phi) is 3.03. The third-order valence-corrected chi connectivity index (χ3v) is 1.57. The van der Waals surface area contributed by atoms with E-state index in [1.807, 2.05) is 31.2 Å². The first-order chi connectivity index (χ1) is 6.20. The number of carbonyl (C=O) groups is 1. The number of benzene rings is 1. The van der Waals surface area contributed by atoms with Crippen molar-refractivity contribution >= 4 is 12.2 Å². The smallest absolute Gasteiger partial charge is 0.332 e. The normalized spacial score (nSPS) is 10.2. The minimum atomic E-state index is -0.662. The lowest BCUT2D eigenvalue weighted by Gasteiger charge is -1.97. The zero-order valence-electron chi connectivity index (χ0n) is 7.32. The Bertz CT molecular complexity index is 333. The quantitative estimate of drug-likeness (QED) is 0.513. The molecule has 0 aromatic heterocycles. The van der Waals surface area contributed by atoms with Crippen LogP contribution in [0.25, 0.3) is 0 Å². The number of nitrogens with zero attached hydrogens (tertiary/aromatic N) is 1. The zero-order chi connectivity index (χ0) is 9.68. The fourth-order valence-electron chi connectivity index (χ4n) is 0.897. The first-order valence-corrected chi connectivity index (χ1v) is 3.84. The monoisotopic (exact) mass is 177 g/mol. The Balaban J connectivity index is 2.68. The third kappa shape index (κ3) is 2.94. The molecule has 2 amide bonds. The van der Waals surface area contributed by atoms with Crippen LogP contribution < -0.4 is 11.2 Å². The number of primary amides is 1. The van der Waals surface area contributed by atoms with Crippen LogP contribution in [0.1, 0.15) is 11.1 Å². The summed E-state index contributed by atoms with van der Waals surface area (Å²) in [5.74, 6) is 0. The molecule has 0 heterocycles. The summed E-state index contributed by atoms with van der Waals surface area (Å²) >= 11 is 0. The maximum Gasteiger partial charge on any atom is 0.332 e. The van der Waals surface area contributed by atoms with Gasteiger partial charge in [-0.25, -0.2) is 10.2 Å². The second kappa shape index (κ2) is 4.25. The second-order valence-electron chi connectivity index (χ2n) is 2.59. The topological polar surface area (TPSA) is 67.5 Å². The van der Waals surface area contributed by atoms with Crippen LogP contribution in [0.3, 0.4) is 0 Å². The lowest BCUT2D eigenvalue weighted by molar-refractivity contribution is 0.249. The van der Waals surface area contributed by atoms with Gasteiger partial charge in [0.25, 0.3) is 0 Å². The van der Waals surface area contributed by atoms with Gasteiger partial charge in [-0.3, -0.25) is 0 Å². The SMILES string of the molecule is Cc1ccccc1/C=N/NC(N)=O.